The lowest BCUT2D eigenvalue weighted by Gasteiger charge is -2.30. The fourth-order valence-electron chi connectivity index (χ4n) is 4.65. The summed E-state index contributed by atoms with van der Waals surface area (Å²) in [5, 5.41) is 6.90. The van der Waals surface area contributed by atoms with Gasteiger partial charge in [-0.05, 0) is 62.4 Å². The Morgan fingerprint density at radius 2 is 1.74 bits per heavy atom. The molecule has 0 bridgehead atoms. The maximum Gasteiger partial charge on any atom is 0.248 e. The number of carbonyl (C=O) groups is 1. The van der Waals surface area contributed by atoms with E-state index in [-0.39, 0.29) is 35.6 Å². The molecule has 4 rings (SSSR count). The Bertz CT molecular complexity index is 1420. The lowest BCUT2D eigenvalue weighted by Crippen LogP contribution is -2.43. The Labute approximate surface area is 229 Å². The van der Waals surface area contributed by atoms with Crippen molar-refractivity contribution in [3.8, 4) is 11.5 Å². The number of nitrogens with one attached hydrogen (secondary N) is 1. The lowest BCUT2D eigenvalue weighted by atomic mass is 9.97. The summed E-state index contributed by atoms with van der Waals surface area (Å²) in [5.74, 6) is 1.19. The number of ether oxygens (including phenoxy) is 2. The van der Waals surface area contributed by atoms with Crippen molar-refractivity contribution in [1.82, 2.24) is 14.8 Å². The van der Waals surface area contributed by atoms with Gasteiger partial charge in [-0.25, -0.2) is 8.42 Å². The van der Waals surface area contributed by atoms with E-state index in [9.17, 15) is 13.2 Å². The third-order valence-corrected chi connectivity index (χ3v) is 8.98. The zero-order valence-electron chi connectivity index (χ0n) is 22.8. The van der Waals surface area contributed by atoms with Crippen LogP contribution in [0.25, 0.3) is 12.2 Å². The third-order valence-electron chi connectivity index (χ3n) is 6.92. The fourth-order valence-corrected chi connectivity index (χ4v) is 6.37. The molecular weight excluding hydrogens is 518 g/mol. The normalized spacial score (nSPS) is 15.0. The first kappa shape index (κ1) is 28.4. The van der Waals surface area contributed by atoms with E-state index in [1.165, 1.54) is 4.31 Å². The Kier molecular flexibility index (Phi) is 9.08. The highest BCUT2D eigenvalue weighted by molar-refractivity contribution is 7.89. The molecule has 1 aromatic heterocycles. The smallest absolute Gasteiger partial charge is 0.248 e. The summed E-state index contributed by atoms with van der Waals surface area (Å²) < 4.78 is 44.4. The summed E-state index contributed by atoms with van der Waals surface area (Å²) in [6.45, 7) is 4.61. The molecule has 0 atom stereocenters. The van der Waals surface area contributed by atoms with Crippen molar-refractivity contribution in [3.05, 3.63) is 70.6 Å². The van der Waals surface area contributed by atoms with Crippen LogP contribution >= 0.6 is 0 Å². The van der Waals surface area contributed by atoms with Gasteiger partial charge < -0.3 is 19.3 Å². The van der Waals surface area contributed by atoms with Crippen LogP contribution in [0, 0.1) is 19.8 Å². The number of hydrogen-bond donors (Lipinski definition) is 1. The van der Waals surface area contributed by atoms with Gasteiger partial charge in [-0.15, -0.1) is 0 Å². The molecule has 39 heavy (non-hydrogen) atoms. The molecule has 2 aromatic carbocycles. The number of aromatic nitrogens is 1. The van der Waals surface area contributed by atoms with Crippen molar-refractivity contribution in [2.75, 3.05) is 33.9 Å². The van der Waals surface area contributed by atoms with E-state index in [0.29, 0.717) is 43.0 Å². The first-order valence-corrected chi connectivity index (χ1v) is 14.4. The van der Waals surface area contributed by atoms with Crippen LogP contribution < -0.4 is 14.8 Å². The number of methoxy groups -OCH3 is 2. The van der Waals surface area contributed by atoms with Crippen LogP contribution in [-0.4, -0.2) is 57.6 Å². The molecule has 0 radical (unpaired) electrons. The largest absolute Gasteiger partial charge is 0.493 e. The molecule has 0 unspecified atom stereocenters. The number of hydrogen-bond acceptors (Lipinski definition) is 7. The van der Waals surface area contributed by atoms with E-state index in [2.05, 4.69) is 10.5 Å². The third kappa shape index (κ3) is 6.69. The Hall–Kier alpha value is -3.63. The van der Waals surface area contributed by atoms with E-state index in [0.717, 1.165) is 16.7 Å². The molecule has 1 N–H and O–H groups in total. The second-order valence-corrected chi connectivity index (χ2v) is 11.5. The van der Waals surface area contributed by atoms with E-state index in [1.807, 2.05) is 49.4 Å². The zero-order valence-corrected chi connectivity index (χ0v) is 23.6. The van der Waals surface area contributed by atoms with Crippen LogP contribution in [0.5, 0.6) is 11.5 Å². The minimum Gasteiger partial charge on any atom is -0.493 e. The first-order chi connectivity index (χ1) is 18.7. The maximum absolute atomic E-state index is 13.5. The van der Waals surface area contributed by atoms with Gasteiger partial charge in [0.15, 0.2) is 22.2 Å². The quantitative estimate of drug-likeness (QED) is 0.400. The molecule has 0 aliphatic carbocycles. The number of rotatable bonds is 10. The molecule has 1 aliphatic heterocycles. The predicted molar refractivity (Wildman–Crippen MR) is 149 cm³/mol. The topological polar surface area (TPSA) is 111 Å². The van der Waals surface area contributed by atoms with Gasteiger partial charge >= 0.3 is 0 Å². The van der Waals surface area contributed by atoms with Crippen molar-refractivity contribution < 1.29 is 27.2 Å². The molecule has 1 saturated heterocycles. The van der Waals surface area contributed by atoms with E-state index < -0.39 is 10.0 Å². The van der Waals surface area contributed by atoms with Gasteiger partial charge in [0.05, 0.1) is 14.2 Å². The number of benzene rings is 2. The van der Waals surface area contributed by atoms with Gasteiger partial charge in [-0.2, -0.15) is 4.31 Å². The lowest BCUT2D eigenvalue weighted by molar-refractivity contribution is -0.126. The summed E-state index contributed by atoms with van der Waals surface area (Å²) in [4.78, 5) is 12.9. The van der Waals surface area contributed by atoms with Gasteiger partial charge in [0.25, 0.3) is 0 Å². The Balaban J connectivity index is 1.33. The van der Waals surface area contributed by atoms with E-state index in [4.69, 9.17) is 14.0 Å². The highest BCUT2D eigenvalue weighted by Gasteiger charge is 2.35. The molecule has 0 spiro atoms. The van der Waals surface area contributed by atoms with Crippen LogP contribution in [0.4, 0.5) is 0 Å². The number of amides is 1. The fraction of sp³-hybridized carbons (Fsp3) is 0.379. The summed E-state index contributed by atoms with van der Waals surface area (Å²) >= 11 is 0. The summed E-state index contributed by atoms with van der Waals surface area (Å²) in [6, 6.07) is 13.5. The van der Waals surface area contributed by atoms with Crippen molar-refractivity contribution in [3.63, 3.8) is 0 Å². The average molecular weight is 554 g/mol. The number of nitrogens with zero attached hydrogens (tertiary/aromatic N) is 2. The first-order valence-electron chi connectivity index (χ1n) is 12.9. The molecule has 1 aliphatic rings. The second kappa shape index (κ2) is 12.5. The van der Waals surface area contributed by atoms with Gasteiger partial charge in [-0.3, -0.25) is 4.79 Å². The Morgan fingerprint density at radius 1 is 1.05 bits per heavy atom. The molecule has 2 heterocycles. The number of piperidine rings is 1. The van der Waals surface area contributed by atoms with E-state index in [1.54, 1.807) is 33.3 Å². The predicted octanol–water partition coefficient (Wildman–Crippen LogP) is 4.24. The van der Waals surface area contributed by atoms with Crippen LogP contribution in [-0.2, 0) is 21.2 Å². The molecule has 1 fully saturated rings. The minimum absolute atomic E-state index is 0.0598. The number of aryl methyl sites for hydroxylation is 2. The number of carbonyl (C=O) groups excluding carboxylic acids is 1. The summed E-state index contributed by atoms with van der Waals surface area (Å²) in [5.41, 5.74) is 3.40. The van der Waals surface area contributed by atoms with Crippen LogP contribution in [0.3, 0.4) is 0 Å². The second-order valence-electron chi connectivity index (χ2n) is 9.61. The standard InChI is InChI=1S/C29H35N3O6S/c1-20-5-7-22(8-6-20)9-12-26-28(21(2)31-38-26)39(34,35)32-17-14-24(15-18-32)29(33)30-16-13-23-10-11-25(36-3)27(19-23)37-4/h5-12,19,24H,13-18H2,1-4H3,(H,30,33). The average Bonchev–Trinajstić information content (AvgIpc) is 3.33. The van der Waals surface area contributed by atoms with Crippen molar-refractivity contribution in [2.24, 2.45) is 5.92 Å². The van der Waals surface area contributed by atoms with Crippen molar-refractivity contribution in [2.45, 2.75) is 38.0 Å². The van der Waals surface area contributed by atoms with Crippen molar-refractivity contribution >= 4 is 28.1 Å². The monoisotopic (exact) mass is 553 g/mol. The zero-order chi connectivity index (χ0) is 28.0. The number of sulfonamides is 1. The molecule has 1 amide bonds. The van der Waals surface area contributed by atoms with Crippen LogP contribution in [0.2, 0.25) is 0 Å². The van der Waals surface area contributed by atoms with Gasteiger partial charge in [0.2, 0.25) is 15.9 Å². The molecule has 0 saturated carbocycles. The molecular formula is C29H35N3O6S. The van der Waals surface area contributed by atoms with Gasteiger partial charge in [0, 0.05) is 25.6 Å². The minimum atomic E-state index is -3.83. The summed E-state index contributed by atoms with van der Waals surface area (Å²) in [6.07, 6.45) is 4.97. The van der Waals surface area contributed by atoms with Gasteiger partial charge in [-0.1, -0.05) is 47.1 Å². The highest BCUT2D eigenvalue weighted by atomic mass is 32.2. The molecule has 10 heteroatoms. The van der Waals surface area contributed by atoms with Gasteiger partial charge in [0.1, 0.15) is 5.69 Å². The molecule has 208 valence electrons. The van der Waals surface area contributed by atoms with Crippen molar-refractivity contribution in [1.29, 1.82) is 0 Å². The SMILES string of the molecule is COc1ccc(CCNC(=O)C2CCN(S(=O)(=O)c3c(C)noc3C=Cc3ccc(C)cc3)CC2)cc1OC. The maximum atomic E-state index is 13.5. The van der Waals surface area contributed by atoms with E-state index >= 15 is 0 Å². The van der Waals surface area contributed by atoms with Crippen LogP contribution in [0.1, 0.15) is 41.0 Å². The summed E-state index contributed by atoms with van der Waals surface area (Å²) in [7, 11) is -0.660. The highest BCUT2D eigenvalue weighted by Crippen LogP contribution is 2.30. The Morgan fingerprint density at radius 3 is 2.41 bits per heavy atom. The molecule has 3 aromatic rings. The molecule has 9 nitrogen and oxygen atoms in total. The van der Waals surface area contributed by atoms with Crippen LogP contribution in [0.15, 0.2) is 51.9 Å².